The van der Waals surface area contributed by atoms with Crippen LogP contribution in [-0.2, 0) is 4.79 Å². The van der Waals surface area contributed by atoms with Crippen LogP contribution in [0.3, 0.4) is 0 Å². The first-order chi connectivity index (χ1) is 8.72. The molecule has 0 spiro atoms. The van der Waals surface area contributed by atoms with Gasteiger partial charge in [0.1, 0.15) is 6.17 Å². The van der Waals surface area contributed by atoms with Crippen LogP contribution in [0, 0.1) is 0 Å². The van der Waals surface area contributed by atoms with Gasteiger partial charge in [0.15, 0.2) is 0 Å². The van der Waals surface area contributed by atoms with Crippen molar-refractivity contribution in [3.63, 3.8) is 0 Å². The molecular weight excluding hydrogens is 231 g/mol. The van der Waals surface area contributed by atoms with Gasteiger partial charge < -0.3 is 10.6 Å². The first-order valence-electron chi connectivity index (χ1n) is 6.50. The fourth-order valence-electron chi connectivity index (χ4n) is 2.38. The Hall–Kier alpha value is -1.42. The normalized spacial score (nSPS) is 27.2. The van der Waals surface area contributed by atoms with Gasteiger partial charge in [-0.2, -0.15) is 0 Å². The molecule has 1 saturated heterocycles. The Balaban J connectivity index is 1.59. The van der Waals surface area contributed by atoms with Crippen LogP contribution in [0.1, 0.15) is 30.7 Å². The van der Waals surface area contributed by atoms with E-state index in [1.54, 1.807) is 0 Å². The molecular formula is C14H17FN2O. The number of alkyl halides is 1. The van der Waals surface area contributed by atoms with Crippen molar-refractivity contribution >= 4 is 11.6 Å². The molecule has 2 aliphatic rings. The first kappa shape index (κ1) is 11.7. The van der Waals surface area contributed by atoms with Gasteiger partial charge in [-0.05, 0) is 36.5 Å². The molecule has 2 N–H and O–H groups in total. The topological polar surface area (TPSA) is 41.1 Å². The van der Waals surface area contributed by atoms with Crippen molar-refractivity contribution in [2.75, 3.05) is 11.9 Å². The second-order valence-corrected chi connectivity index (χ2v) is 5.18. The predicted molar refractivity (Wildman–Crippen MR) is 68.4 cm³/mol. The van der Waals surface area contributed by atoms with E-state index in [0.717, 1.165) is 11.6 Å². The van der Waals surface area contributed by atoms with Crippen LogP contribution in [-0.4, -0.2) is 24.7 Å². The highest BCUT2D eigenvalue weighted by atomic mass is 19.1. The maximum absolute atomic E-state index is 13.0. The quantitative estimate of drug-likeness (QED) is 0.861. The second kappa shape index (κ2) is 4.69. The number of halogens is 1. The highest BCUT2D eigenvalue weighted by Crippen LogP contribution is 2.40. The summed E-state index contributed by atoms with van der Waals surface area (Å²) in [6.07, 6.45) is 1.91. The van der Waals surface area contributed by atoms with Crippen LogP contribution in [0.2, 0.25) is 0 Å². The molecule has 1 aromatic carbocycles. The predicted octanol–water partition coefficient (Wildman–Crippen LogP) is 2.20. The van der Waals surface area contributed by atoms with Crippen molar-refractivity contribution in [2.24, 2.45) is 0 Å². The average Bonchev–Trinajstić information content (AvgIpc) is 3.12. The molecule has 1 heterocycles. The van der Waals surface area contributed by atoms with Crippen LogP contribution in [0.25, 0.3) is 0 Å². The molecule has 1 aliphatic carbocycles. The molecule has 0 radical (unpaired) electrons. The monoisotopic (exact) mass is 248 g/mol. The van der Waals surface area contributed by atoms with Crippen LogP contribution in [0.5, 0.6) is 0 Å². The Bertz CT molecular complexity index is 442. The maximum atomic E-state index is 13.0. The Kier molecular flexibility index (Phi) is 3.04. The zero-order valence-corrected chi connectivity index (χ0v) is 10.2. The molecule has 3 rings (SSSR count). The van der Waals surface area contributed by atoms with Crippen LogP contribution in [0.4, 0.5) is 10.1 Å². The molecule has 1 aliphatic heterocycles. The van der Waals surface area contributed by atoms with Gasteiger partial charge >= 0.3 is 0 Å². The summed E-state index contributed by atoms with van der Waals surface area (Å²) in [6.45, 7) is 0.276. The van der Waals surface area contributed by atoms with E-state index in [2.05, 4.69) is 22.8 Å². The van der Waals surface area contributed by atoms with Crippen molar-refractivity contribution in [3.05, 3.63) is 29.8 Å². The Morgan fingerprint density at radius 3 is 2.56 bits per heavy atom. The summed E-state index contributed by atoms with van der Waals surface area (Å²) in [6, 6.07) is 7.57. The Morgan fingerprint density at radius 1 is 1.28 bits per heavy atom. The van der Waals surface area contributed by atoms with E-state index in [4.69, 9.17) is 0 Å². The number of carbonyl (C=O) groups is 1. The van der Waals surface area contributed by atoms with Gasteiger partial charge in [-0.3, -0.25) is 4.79 Å². The molecule has 1 saturated carbocycles. The van der Waals surface area contributed by atoms with E-state index < -0.39 is 12.2 Å². The van der Waals surface area contributed by atoms with Gasteiger partial charge in [0.05, 0.1) is 6.04 Å². The lowest BCUT2D eigenvalue weighted by Gasteiger charge is -2.11. The molecule has 1 aromatic rings. The van der Waals surface area contributed by atoms with Crippen LogP contribution in [0.15, 0.2) is 24.3 Å². The number of carbonyl (C=O) groups excluding carboxylic acids is 1. The molecule has 18 heavy (non-hydrogen) atoms. The van der Waals surface area contributed by atoms with E-state index in [1.165, 1.54) is 18.4 Å². The van der Waals surface area contributed by atoms with E-state index in [9.17, 15) is 9.18 Å². The molecule has 2 fully saturated rings. The van der Waals surface area contributed by atoms with E-state index >= 15 is 0 Å². The molecule has 0 unspecified atom stereocenters. The summed E-state index contributed by atoms with van der Waals surface area (Å²) in [7, 11) is 0. The smallest absolute Gasteiger partial charge is 0.241 e. The number of amides is 1. The average molecular weight is 248 g/mol. The maximum Gasteiger partial charge on any atom is 0.241 e. The molecule has 2 atom stereocenters. The lowest BCUT2D eigenvalue weighted by molar-refractivity contribution is -0.117. The summed E-state index contributed by atoms with van der Waals surface area (Å²) in [5.74, 6) is 0.577. The summed E-state index contributed by atoms with van der Waals surface area (Å²) >= 11 is 0. The standard InChI is InChI=1S/C14H17FN2O/c15-11-7-13(16-8-11)14(18)17-12-5-3-10(4-6-12)9-1-2-9/h3-6,9,11,13,16H,1-2,7-8H2,(H,17,18)/t11-,13+/m0/s1. The van der Waals surface area contributed by atoms with Crippen molar-refractivity contribution in [1.29, 1.82) is 0 Å². The zero-order chi connectivity index (χ0) is 12.5. The van der Waals surface area contributed by atoms with E-state index in [0.29, 0.717) is 0 Å². The molecule has 0 aromatic heterocycles. The van der Waals surface area contributed by atoms with Gasteiger partial charge in [-0.1, -0.05) is 12.1 Å². The molecule has 96 valence electrons. The highest BCUT2D eigenvalue weighted by molar-refractivity contribution is 5.95. The number of anilines is 1. The van der Waals surface area contributed by atoms with Crippen molar-refractivity contribution in [2.45, 2.75) is 37.4 Å². The number of rotatable bonds is 3. The van der Waals surface area contributed by atoms with Gasteiger partial charge in [-0.15, -0.1) is 0 Å². The van der Waals surface area contributed by atoms with Crippen molar-refractivity contribution in [3.8, 4) is 0 Å². The molecule has 4 heteroatoms. The summed E-state index contributed by atoms with van der Waals surface area (Å²) in [5.41, 5.74) is 2.13. The number of nitrogens with one attached hydrogen (secondary N) is 2. The minimum Gasteiger partial charge on any atom is -0.325 e. The van der Waals surface area contributed by atoms with Crippen LogP contribution >= 0.6 is 0 Å². The van der Waals surface area contributed by atoms with Gasteiger partial charge in [-0.25, -0.2) is 4.39 Å². The third kappa shape index (κ3) is 2.53. The van der Waals surface area contributed by atoms with Crippen molar-refractivity contribution in [1.82, 2.24) is 5.32 Å². The minimum atomic E-state index is -0.905. The summed E-state index contributed by atoms with van der Waals surface area (Å²) in [4.78, 5) is 11.9. The number of hydrogen-bond donors (Lipinski definition) is 2. The third-order valence-electron chi connectivity index (χ3n) is 3.62. The Morgan fingerprint density at radius 2 is 2.00 bits per heavy atom. The number of hydrogen-bond acceptors (Lipinski definition) is 2. The summed E-state index contributed by atoms with van der Waals surface area (Å²) in [5, 5.41) is 5.70. The summed E-state index contributed by atoms with van der Waals surface area (Å²) < 4.78 is 13.0. The van der Waals surface area contributed by atoms with E-state index in [1.807, 2.05) is 12.1 Å². The Labute approximate surface area is 106 Å². The first-order valence-corrected chi connectivity index (χ1v) is 6.50. The highest BCUT2D eigenvalue weighted by Gasteiger charge is 2.29. The lowest BCUT2D eigenvalue weighted by Crippen LogP contribution is -2.35. The van der Waals surface area contributed by atoms with Gasteiger partial charge in [0, 0.05) is 18.7 Å². The van der Waals surface area contributed by atoms with E-state index in [-0.39, 0.29) is 18.9 Å². The van der Waals surface area contributed by atoms with Gasteiger partial charge in [0.25, 0.3) is 0 Å². The fraction of sp³-hybridized carbons (Fsp3) is 0.500. The van der Waals surface area contributed by atoms with Crippen molar-refractivity contribution < 1.29 is 9.18 Å². The molecule has 1 amide bonds. The van der Waals surface area contributed by atoms with Gasteiger partial charge in [0.2, 0.25) is 5.91 Å². The fourth-order valence-corrected chi connectivity index (χ4v) is 2.38. The lowest BCUT2D eigenvalue weighted by atomic mass is 10.1. The van der Waals surface area contributed by atoms with Crippen LogP contribution < -0.4 is 10.6 Å². The second-order valence-electron chi connectivity index (χ2n) is 5.18. The SMILES string of the molecule is O=C(Nc1ccc(C2CC2)cc1)[C@H]1C[C@H](F)CN1. The molecule has 3 nitrogen and oxygen atoms in total. The zero-order valence-electron chi connectivity index (χ0n) is 10.2. The molecule has 0 bridgehead atoms. The minimum absolute atomic E-state index is 0.144. The third-order valence-corrected chi connectivity index (χ3v) is 3.62. The number of benzene rings is 1. The largest absolute Gasteiger partial charge is 0.325 e.